The highest BCUT2D eigenvalue weighted by Crippen LogP contribution is 2.51. The highest BCUT2D eigenvalue weighted by atomic mass is 16.5. The fourth-order valence-electron chi connectivity index (χ4n) is 3.51. The molecule has 1 saturated carbocycles. The normalized spacial score (nSPS) is 28.8. The number of cyclic esters (lactones) is 1. The molecule has 1 aliphatic carbocycles. The number of carboxylic acids is 1. The van der Waals surface area contributed by atoms with Gasteiger partial charge in [-0.25, -0.2) is 0 Å². The Kier molecular flexibility index (Phi) is 3.24. The SMILES string of the molecule is O=C(O)Cc1ccc([C@H]2CC[C@]3(COC(=O)C3)C2)cc1. The molecule has 1 aromatic rings. The van der Waals surface area contributed by atoms with Crippen molar-refractivity contribution in [2.24, 2.45) is 5.41 Å². The molecule has 4 heteroatoms. The molecule has 1 heterocycles. The van der Waals surface area contributed by atoms with Crippen LogP contribution < -0.4 is 0 Å². The number of rotatable bonds is 3. The van der Waals surface area contributed by atoms with E-state index in [1.165, 1.54) is 5.56 Å². The van der Waals surface area contributed by atoms with Gasteiger partial charge in [-0.15, -0.1) is 0 Å². The van der Waals surface area contributed by atoms with Crippen LogP contribution in [0.25, 0.3) is 0 Å². The van der Waals surface area contributed by atoms with Crippen molar-refractivity contribution in [3.63, 3.8) is 0 Å². The largest absolute Gasteiger partial charge is 0.481 e. The van der Waals surface area contributed by atoms with E-state index < -0.39 is 5.97 Å². The second-order valence-electron chi connectivity index (χ2n) is 6.09. The van der Waals surface area contributed by atoms with E-state index in [1.54, 1.807) is 0 Å². The summed E-state index contributed by atoms with van der Waals surface area (Å²) in [6.45, 7) is 0.569. The van der Waals surface area contributed by atoms with E-state index in [2.05, 4.69) is 0 Å². The monoisotopic (exact) mass is 274 g/mol. The molecule has 3 rings (SSSR count). The molecule has 2 fully saturated rings. The zero-order valence-electron chi connectivity index (χ0n) is 11.3. The molecule has 0 amide bonds. The second-order valence-corrected chi connectivity index (χ2v) is 6.09. The van der Waals surface area contributed by atoms with Gasteiger partial charge in [-0.3, -0.25) is 9.59 Å². The van der Waals surface area contributed by atoms with Crippen molar-refractivity contribution in [3.8, 4) is 0 Å². The average Bonchev–Trinajstić information content (AvgIpc) is 2.97. The molecule has 1 aliphatic heterocycles. The quantitative estimate of drug-likeness (QED) is 0.860. The van der Waals surface area contributed by atoms with E-state index in [9.17, 15) is 9.59 Å². The maximum atomic E-state index is 11.3. The molecule has 20 heavy (non-hydrogen) atoms. The summed E-state index contributed by atoms with van der Waals surface area (Å²) in [6.07, 6.45) is 3.74. The lowest BCUT2D eigenvalue weighted by Crippen LogP contribution is -2.16. The van der Waals surface area contributed by atoms with Gasteiger partial charge in [0.25, 0.3) is 0 Å². The minimum atomic E-state index is -0.806. The lowest BCUT2D eigenvalue weighted by molar-refractivity contribution is -0.138. The molecule has 1 saturated heterocycles. The first-order chi connectivity index (χ1) is 9.56. The zero-order valence-corrected chi connectivity index (χ0v) is 11.3. The topological polar surface area (TPSA) is 63.6 Å². The summed E-state index contributed by atoms with van der Waals surface area (Å²) in [4.78, 5) is 22.0. The minimum Gasteiger partial charge on any atom is -0.481 e. The zero-order chi connectivity index (χ0) is 14.2. The Balaban J connectivity index is 1.68. The Bertz CT molecular complexity index is 534. The standard InChI is InChI=1S/C16H18O4/c17-14(18)7-11-1-3-12(4-2-11)13-5-6-16(8-13)9-15(19)20-10-16/h1-4,13H,5-10H2,(H,17,18)/t13-,16-/m0/s1. The Morgan fingerprint density at radius 1 is 1.35 bits per heavy atom. The first-order valence-corrected chi connectivity index (χ1v) is 7.03. The van der Waals surface area contributed by atoms with E-state index in [0.717, 1.165) is 24.8 Å². The molecule has 1 N–H and O–H groups in total. The van der Waals surface area contributed by atoms with Crippen molar-refractivity contribution >= 4 is 11.9 Å². The predicted octanol–water partition coefficient (Wildman–Crippen LogP) is 2.51. The fourth-order valence-corrected chi connectivity index (χ4v) is 3.51. The first-order valence-electron chi connectivity index (χ1n) is 7.03. The van der Waals surface area contributed by atoms with Crippen LogP contribution in [0.1, 0.15) is 42.7 Å². The predicted molar refractivity (Wildman–Crippen MR) is 72.4 cm³/mol. The van der Waals surface area contributed by atoms with Gasteiger partial charge in [0.1, 0.15) is 0 Å². The molecule has 2 aliphatic rings. The molecular weight excluding hydrogens is 256 g/mol. The van der Waals surface area contributed by atoms with Crippen molar-refractivity contribution in [3.05, 3.63) is 35.4 Å². The van der Waals surface area contributed by atoms with Crippen LogP contribution in [0.2, 0.25) is 0 Å². The molecule has 2 atom stereocenters. The van der Waals surface area contributed by atoms with Gasteiger partial charge in [-0.2, -0.15) is 0 Å². The van der Waals surface area contributed by atoms with Crippen molar-refractivity contribution in [2.75, 3.05) is 6.61 Å². The van der Waals surface area contributed by atoms with Crippen LogP contribution in [0.15, 0.2) is 24.3 Å². The van der Waals surface area contributed by atoms with Crippen LogP contribution in [-0.2, 0) is 20.7 Å². The van der Waals surface area contributed by atoms with Gasteiger partial charge in [0.05, 0.1) is 19.4 Å². The van der Waals surface area contributed by atoms with Crippen LogP contribution in [0.4, 0.5) is 0 Å². The van der Waals surface area contributed by atoms with Gasteiger partial charge in [-0.1, -0.05) is 24.3 Å². The van der Waals surface area contributed by atoms with Crippen LogP contribution in [0, 0.1) is 5.41 Å². The summed E-state index contributed by atoms with van der Waals surface area (Å²) < 4.78 is 5.13. The van der Waals surface area contributed by atoms with E-state index in [-0.39, 0.29) is 17.8 Å². The number of esters is 1. The number of carboxylic acid groups (broad SMARTS) is 1. The lowest BCUT2D eigenvalue weighted by atomic mass is 9.83. The molecule has 0 aromatic heterocycles. The number of carbonyl (C=O) groups is 2. The maximum absolute atomic E-state index is 11.3. The molecule has 106 valence electrons. The third-order valence-corrected chi connectivity index (χ3v) is 4.57. The highest BCUT2D eigenvalue weighted by Gasteiger charge is 2.46. The van der Waals surface area contributed by atoms with Crippen molar-refractivity contribution in [1.82, 2.24) is 0 Å². The lowest BCUT2D eigenvalue weighted by Gasteiger charge is -2.19. The molecule has 4 nitrogen and oxygen atoms in total. The average molecular weight is 274 g/mol. The summed E-state index contributed by atoms with van der Waals surface area (Å²) >= 11 is 0. The molecule has 0 unspecified atom stereocenters. The summed E-state index contributed by atoms with van der Waals surface area (Å²) in [5.41, 5.74) is 2.13. The fraction of sp³-hybridized carbons (Fsp3) is 0.500. The minimum absolute atomic E-state index is 0.0570. The Morgan fingerprint density at radius 3 is 2.70 bits per heavy atom. The number of carbonyl (C=O) groups excluding carboxylic acids is 1. The van der Waals surface area contributed by atoms with Gasteiger partial charge in [0.2, 0.25) is 0 Å². The van der Waals surface area contributed by atoms with E-state index in [1.807, 2.05) is 24.3 Å². The van der Waals surface area contributed by atoms with E-state index in [4.69, 9.17) is 9.84 Å². The summed E-state index contributed by atoms with van der Waals surface area (Å²) in [5.74, 6) is -0.412. The van der Waals surface area contributed by atoms with Gasteiger partial charge in [-0.05, 0) is 36.3 Å². The Morgan fingerprint density at radius 2 is 2.10 bits per heavy atom. The highest BCUT2D eigenvalue weighted by molar-refractivity contribution is 5.72. The molecular formula is C16H18O4. The van der Waals surface area contributed by atoms with Crippen LogP contribution in [0.5, 0.6) is 0 Å². The third kappa shape index (κ3) is 2.55. The molecule has 0 bridgehead atoms. The smallest absolute Gasteiger partial charge is 0.307 e. The number of benzene rings is 1. The van der Waals surface area contributed by atoms with Crippen molar-refractivity contribution < 1.29 is 19.4 Å². The first kappa shape index (κ1) is 13.2. The Hall–Kier alpha value is -1.84. The van der Waals surface area contributed by atoms with E-state index in [0.29, 0.717) is 18.9 Å². The summed E-state index contributed by atoms with van der Waals surface area (Å²) in [7, 11) is 0. The van der Waals surface area contributed by atoms with Crippen LogP contribution in [-0.4, -0.2) is 23.7 Å². The van der Waals surface area contributed by atoms with Crippen molar-refractivity contribution in [2.45, 2.75) is 38.0 Å². The Labute approximate surface area is 117 Å². The van der Waals surface area contributed by atoms with Gasteiger partial charge in [0, 0.05) is 5.41 Å². The molecule has 1 spiro atoms. The maximum Gasteiger partial charge on any atom is 0.307 e. The number of hydrogen-bond acceptors (Lipinski definition) is 3. The van der Waals surface area contributed by atoms with E-state index >= 15 is 0 Å². The summed E-state index contributed by atoms with van der Waals surface area (Å²) in [6, 6.07) is 7.84. The van der Waals surface area contributed by atoms with Gasteiger partial charge < -0.3 is 9.84 Å². The second kappa shape index (κ2) is 4.93. The van der Waals surface area contributed by atoms with Gasteiger partial charge >= 0.3 is 11.9 Å². The van der Waals surface area contributed by atoms with Crippen molar-refractivity contribution in [1.29, 1.82) is 0 Å². The molecule has 1 aromatic carbocycles. The molecule has 0 radical (unpaired) electrons. The third-order valence-electron chi connectivity index (χ3n) is 4.57. The number of hydrogen-bond donors (Lipinski definition) is 1. The van der Waals surface area contributed by atoms with Gasteiger partial charge in [0.15, 0.2) is 0 Å². The summed E-state index contributed by atoms with van der Waals surface area (Å²) in [5, 5.41) is 8.77. The van der Waals surface area contributed by atoms with Crippen LogP contribution >= 0.6 is 0 Å². The number of aliphatic carboxylic acids is 1. The van der Waals surface area contributed by atoms with Crippen LogP contribution in [0.3, 0.4) is 0 Å². The number of ether oxygens (including phenoxy) is 1.